The average molecular weight is 252 g/mol. The van der Waals surface area contributed by atoms with E-state index >= 15 is 0 Å². The number of hydrogen-bond acceptors (Lipinski definition) is 3. The van der Waals surface area contributed by atoms with Crippen molar-refractivity contribution in [3.8, 4) is 0 Å². The summed E-state index contributed by atoms with van der Waals surface area (Å²) >= 11 is 1.87. The zero-order chi connectivity index (χ0) is 13.1. The van der Waals surface area contributed by atoms with Crippen molar-refractivity contribution in [2.75, 3.05) is 0 Å². The van der Waals surface area contributed by atoms with Crippen molar-refractivity contribution in [2.45, 2.75) is 55.8 Å². The molecule has 4 N–H and O–H groups in total. The Morgan fingerprint density at radius 2 is 1.71 bits per heavy atom. The van der Waals surface area contributed by atoms with E-state index in [4.69, 9.17) is 11.5 Å². The van der Waals surface area contributed by atoms with Crippen molar-refractivity contribution in [2.24, 2.45) is 11.5 Å². The van der Waals surface area contributed by atoms with Gasteiger partial charge in [-0.05, 0) is 38.0 Å². The molecule has 17 heavy (non-hydrogen) atoms. The number of rotatable bonds is 5. The molecular formula is C14H24N2S. The summed E-state index contributed by atoms with van der Waals surface area (Å²) in [7, 11) is 0. The molecule has 0 amide bonds. The molecule has 0 spiro atoms. The summed E-state index contributed by atoms with van der Waals surface area (Å²) in [6.07, 6.45) is 0.795. The van der Waals surface area contributed by atoms with Crippen LogP contribution in [0.3, 0.4) is 0 Å². The lowest BCUT2D eigenvalue weighted by molar-refractivity contribution is 0.429. The first-order valence-corrected chi connectivity index (χ1v) is 6.97. The van der Waals surface area contributed by atoms with Gasteiger partial charge in [-0.2, -0.15) is 0 Å². The van der Waals surface area contributed by atoms with E-state index in [9.17, 15) is 0 Å². The third-order valence-electron chi connectivity index (χ3n) is 2.43. The van der Waals surface area contributed by atoms with Gasteiger partial charge in [-0.25, -0.2) is 0 Å². The first-order valence-electron chi connectivity index (χ1n) is 6.09. The van der Waals surface area contributed by atoms with Crippen LogP contribution in [0, 0.1) is 0 Å². The van der Waals surface area contributed by atoms with Crippen molar-refractivity contribution in [1.82, 2.24) is 0 Å². The maximum absolute atomic E-state index is 6.15. The molecule has 1 rings (SSSR count). The smallest absolute Gasteiger partial charge is 0.0312 e. The van der Waals surface area contributed by atoms with Gasteiger partial charge in [0.15, 0.2) is 0 Å². The van der Waals surface area contributed by atoms with Crippen LogP contribution in [0.1, 0.15) is 45.7 Å². The van der Waals surface area contributed by atoms with Crippen LogP contribution in [-0.2, 0) is 0 Å². The Labute approximate surface area is 109 Å². The van der Waals surface area contributed by atoms with E-state index in [-0.39, 0.29) is 11.6 Å². The van der Waals surface area contributed by atoms with Gasteiger partial charge in [0.05, 0.1) is 0 Å². The fraction of sp³-hybridized carbons (Fsp3) is 0.571. The zero-order valence-corrected chi connectivity index (χ0v) is 12.1. The topological polar surface area (TPSA) is 52.0 Å². The van der Waals surface area contributed by atoms with Gasteiger partial charge in [0, 0.05) is 21.7 Å². The highest BCUT2D eigenvalue weighted by atomic mass is 32.2. The highest BCUT2D eigenvalue weighted by Gasteiger charge is 2.17. The molecule has 1 aromatic rings. The number of nitrogens with two attached hydrogens (primary N) is 2. The standard InChI is InChI=1S/C14H24N2S/c1-10(2)17-12-7-5-11(6-8-12)13(15)9-14(3,4)16/h5-8,10,13H,9,15-16H2,1-4H3. The Bertz CT molecular complexity index is 338. The molecule has 3 heteroatoms. The molecule has 0 saturated carbocycles. The van der Waals surface area contributed by atoms with Crippen molar-refractivity contribution < 1.29 is 0 Å². The van der Waals surface area contributed by atoms with Crippen LogP contribution in [0.4, 0.5) is 0 Å². The van der Waals surface area contributed by atoms with Gasteiger partial charge < -0.3 is 11.5 Å². The molecule has 1 aromatic carbocycles. The monoisotopic (exact) mass is 252 g/mol. The van der Waals surface area contributed by atoms with Gasteiger partial charge in [0.1, 0.15) is 0 Å². The minimum Gasteiger partial charge on any atom is -0.325 e. The average Bonchev–Trinajstić information content (AvgIpc) is 2.15. The molecule has 1 atom stereocenters. The first-order chi connectivity index (χ1) is 7.78. The van der Waals surface area contributed by atoms with Crippen molar-refractivity contribution >= 4 is 11.8 Å². The minimum absolute atomic E-state index is 0.0214. The van der Waals surface area contributed by atoms with Crippen LogP contribution in [0.2, 0.25) is 0 Å². The van der Waals surface area contributed by atoms with Crippen molar-refractivity contribution in [3.63, 3.8) is 0 Å². The Balaban J connectivity index is 2.67. The van der Waals surface area contributed by atoms with E-state index < -0.39 is 0 Å². The molecule has 0 saturated heterocycles. The van der Waals surface area contributed by atoms with E-state index in [0.717, 1.165) is 12.0 Å². The molecule has 0 aliphatic rings. The van der Waals surface area contributed by atoms with E-state index in [0.29, 0.717) is 5.25 Å². The SMILES string of the molecule is CC(C)Sc1ccc(C(N)CC(C)(C)N)cc1. The maximum Gasteiger partial charge on any atom is 0.0312 e. The molecule has 0 bridgehead atoms. The van der Waals surface area contributed by atoms with Crippen LogP contribution < -0.4 is 11.5 Å². The molecule has 0 aromatic heterocycles. The largest absolute Gasteiger partial charge is 0.325 e. The Morgan fingerprint density at radius 1 is 1.18 bits per heavy atom. The number of benzene rings is 1. The van der Waals surface area contributed by atoms with E-state index in [1.165, 1.54) is 4.90 Å². The molecular weight excluding hydrogens is 228 g/mol. The molecule has 0 aliphatic heterocycles. The van der Waals surface area contributed by atoms with Crippen molar-refractivity contribution in [1.29, 1.82) is 0 Å². The summed E-state index contributed by atoms with van der Waals surface area (Å²) in [6.45, 7) is 8.41. The lowest BCUT2D eigenvalue weighted by Crippen LogP contribution is -2.35. The van der Waals surface area contributed by atoms with Crippen LogP contribution in [-0.4, -0.2) is 10.8 Å². The Kier molecular flexibility index (Phi) is 5.04. The lowest BCUT2D eigenvalue weighted by Gasteiger charge is -2.23. The maximum atomic E-state index is 6.15. The van der Waals surface area contributed by atoms with Crippen LogP contribution >= 0.6 is 11.8 Å². The van der Waals surface area contributed by atoms with Gasteiger partial charge in [0.25, 0.3) is 0 Å². The third kappa shape index (κ3) is 5.57. The second-order valence-electron chi connectivity index (χ2n) is 5.53. The predicted octanol–water partition coefficient (Wildman–Crippen LogP) is 3.31. The lowest BCUT2D eigenvalue weighted by atomic mass is 9.93. The van der Waals surface area contributed by atoms with Crippen molar-refractivity contribution in [3.05, 3.63) is 29.8 Å². The normalized spacial score (nSPS) is 14.1. The van der Waals surface area contributed by atoms with Gasteiger partial charge in [-0.1, -0.05) is 26.0 Å². The molecule has 0 radical (unpaired) electrons. The quantitative estimate of drug-likeness (QED) is 0.790. The van der Waals surface area contributed by atoms with Crippen LogP contribution in [0.15, 0.2) is 29.2 Å². The minimum atomic E-state index is -0.217. The number of hydrogen-bond donors (Lipinski definition) is 2. The van der Waals surface area contributed by atoms with Gasteiger partial charge in [-0.15, -0.1) is 11.8 Å². The fourth-order valence-electron chi connectivity index (χ4n) is 1.75. The Morgan fingerprint density at radius 3 is 2.12 bits per heavy atom. The summed E-state index contributed by atoms with van der Waals surface area (Å²) < 4.78 is 0. The number of thioether (sulfide) groups is 1. The molecule has 1 unspecified atom stereocenters. The van der Waals surface area contributed by atoms with Crippen LogP contribution in [0.25, 0.3) is 0 Å². The summed E-state index contributed by atoms with van der Waals surface area (Å²) in [5.74, 6) is 0. The molecule has 2 nitrogen and oxygen atoms in total. The third-order valence-corrected chi connectivity index (χ3v) is 3.44. The zero-order valence-electron chi connectivity index (χ0n) is 11.2. The molecule has 0 fully saturated rings. The van der Waals surface area contributed by atoms with Crippen LogP contribution in [0.5, 0.6) is 0 Å². The highest BCUT2D eigenvalue weighted by molar-refractivity contribution is 7.99. The van der Waals surface area contributed by atoms with Gasteiger partial charge >= 0.3 is 0 Å². The summed E-state index contributed by atoms with van der Waals surface area (Å²) in [5.41, 5.74) is 13.1. The predicted molar refractivity (Wildman–Crippen MR) is 77.2 cm³/mol. The molecule has 96 valence electrons. The second kappa shape index (κ2) is 5.89. The Hall–Kier alpha value is -0.510. The van der Waals surface area contributed by atoms with Gasteiger partial charge in [0.2, 0.25) is 0 Å². The summed E-state index contributed by atoms with van der Waals surface area (Å²) in [5, 5.41) is 0.609. The van der Waals surface area contributed by atoms with Gasteiger partial charge in [-0.3, -0.25) is 0 Å². The fourth-order valence-corrected chi connectivity index (χ4v) is 2.59. The highest BCUT2D eigenvalue weighted by Crippen LogP contribution is 2.26. The first kappa shape index (κ1) is 14.6. The summed E-state index contributed by atoms with van der Waals surface area (Å²) in [4.78, 5) is 1.29. The molecule has 0 aliphatic carbocycles. The van der Waals surface area contributed by atoms with E-state index in [1.807, 2.05) is 25.6 Å². The summed E-state index contributed by atoms with van der Waals surface area (Å²) in [6, 6.07) is 8.53. The molecule has 0 heterocycles. The van der Waals surface area contributed by atoms with E-state index in [1.54, 1.807) is 0 Å². The van der Waals surface area contributed by atoms with E-state index in [2.05, 4.69) is 38.1 Å². The second-order valence-corrected chi connectivity index (χ2v) is 7.18.